The lowest BCUT2D eigenvalue weighted by Crippen LogP contribution is -2.33. The molecule has 2 N–H and O–H groups in total. The van der Waals surface area contributed by atoms with Crippen LogP contribution in [0.4, 0.5) is 0 Å². The molecule has 0 spiro atoms. The highest BCUT2D eigenvalue weighted by Crippen LogP contribution is 2.40. The second-order valence-electron chi connectivity index (χ2n) is 6.36. The summed E-state index contributed by atoms with van der Waals surface area (Å²) in [5.41, 5.74) is 2.16. The van der Waals surface area contributed by atoms with Gasteiger partial charge in [0, 0.05) is 22.9 Å². The monoisotopic (exact) mass is 327 g/mol. The zero-order valence-corrected chi connectivity index (χ0v) is 14.3. The lowest BCUT2D eigenvalue weighted by atomic mass is 9.73. The third kappa shape index (κ3) is 3.54. The minimum absolute atomic E-state index is 0.334. The standard InChI is InChI=1S/C19H23N2OS/c1-2-3-17(20)14-8-10-19(22,11-9-14)16-6-4-15(5-7-16)18-21-12-13-23-18/h2,4-7,12-14,20,22H,3,8-11H2,1H3. The van der Waals surface area contributed by atoms with Crippen LogP contribution in [0.15, 0.2) is 35.8 Å². The average molecular weight is 327 g/mol. The smallest absolute Gasteiger partial charge is 0.123 e. The molecule has 1 fully saturated rings. The maximum Gasteiger partial charge on any atom is 0.123 e. The van der Waals surface area contributed by atoms with E-state index < -0.39 is 5.60 Å². The van der Waals surface area contributed by atoms with Crippen LogP contribution in [0.2, 0.25) is 0 Å². The summed E-state index contributed by atoms with van der Waals surface area (Å²) in [4.78, 5) is 4.32. The molecule has 0 saturated heterocycles. The summed E-state index contributed by atoms with van der Waals surface area (Å²) in [6, 6.07) is 8.16. The third-order valence-corrected chi connectivity index (χ3v) is 5.65. The Bertz CT molecular complexity index is 641. The average Bonchev–Trinajstić information content (AvgIpc) is 3.10. The quantitative estimate of drug-likeness (QED) is 0.773. The van der Waals surface area contributed by atoms with E-state index in [0.29, 0.717) is 5.92 Å². The second kappa shape index (κ2) is 6.93. The molecule has 0 amide bonds. The van der Waals surface area contributed by atoms with Crippen molar-refractivity contribution in [2.45, 2.75) is 44.6 Å². The van der Waals surface area contributed by atoms with Crippen molar-refractivity contribution in [3.63, 3.8) is 0 Å². The van der Waals surface area contributed by atoms with E-state index in [0.717, 1.165) is 54.0 Å². The Balaban J connectivity index is 1.68. The van der Waals surface area contributed by atoms with Gasteiger partial charge in [-0.05, 0) is 50.0 Å². The van der Waals surface area contributed by atoms with Gasteiger partial charge in [-0.1, -0.05) is 31.2 Å². The molecule has 2 aromatic rings. The number of rotatable bonds is 5. The molecule has 1 heterocycles. The predicted molar refractivity (Wildman–Crippen MR) is 95.7 cm³/mol. The van der Waals surface area contributed by atoms with Crippen LogP contribution in [0.5, 0.6) is 0 Å². The second-order valence-corrected chi connectivity index (χ2v) is 7.25. The lowest BCUT2D eigenvalue weighted by Gasteiger charge is -2.36. The Labute approximate surface area is 141 Å². The topological polar surface area (TPSA) is 57.0 Å². The first-order valence-electron chi connectivity index (χ1n) is 8.20. The summed E-state index contributed by atoms with van der Waals surface area (Å²) >= 11 is 1.62. The summed E-state index contributed by atoms with van der Waals surface area (Å²) < 4.78 is 0. The number of hydrogen-bond acceptors (Lipinski definition) is 4. The van der Waals surface area contributed by atoms with Crippen molar-refractivity contribution in [2.75, 3.05) is 0 Å². The minimum Gasteiger partial charge on any atom is -0.385 e. The number of nitrogens with zero attached hydrogens (tertiary/aromatic N) is 1. The van der Waals surface area contributed by atoms with Gasteiger partial charge in [0.25, 0.3) is 0 Å². The van der Waals surface area contributed by atoms with Gasteiger partial charge >= 0.3 is 0 Å². The van der Waals surface area contributed by atoms with Crippen LogP contribution in [0.25, 0.3) is 10.6 Å². The maximum absolute atomic E-state index is 11.0. The van der Waals surface area contributed by atoms with Crippen molar-refractivity contribution in [3.05, 3.63) is 47.8 Å². The predicted octanol–water partition coefficient (Wildman–Crippen LogP) is 4.82. The molecule has 3 rings (SSSR count). The Morgan fingerprint density at radius 1 is 1.35 bits per heavy atom. The van der Waals surface area contributed by atoms with E-state index in [1.54, 1.807) is 11.3 Å². The molecular weight excluding hydrogens is 304 g/mol. The summed E-state index contributed by atoms with van der Waals surface area (Å²) in [7, 11) is 0. The maximum atomic E-state index is 11.0. The molecule has 1 radical (unpaired) electrons. The Morgan fingerprint density at radius 2 is 2.04 bits per heavy atom. The summed E-state index contributed by atoms with van der Waals surface area (Å²) in [5.74, 6) is 0.334. The first-order chi connectivity index (χ1) is 11.1. The van der Waals surface area contributed by atoms with E-state index in [-0.39, 0.29) is 0 Å². The first kappa shape index (κ1) is 16.3. The highest BCUT2D eigenvalue weighted by atomic mass is 32.1. The largest absolute Gasteiger partial charge is 0.385 e. The molecule has 3 nitrogen and oxygen atoms in total. The van der Waals surface area contributed by atoms with E-state index in [2.05, 4.69) is 4.98 Å². The van der Waals surface area contributed by atoms with Crippen LogP contribution in [0, 0.1) is 17.7 Å². The first-order valence-corrected chi connectivity index (χ1v) is 9.08. The van der Waals surface area contributed by atoms with Crippen LogP contribution in [0.3, 0.4) is 0 Å². The highest BCUT2D eigenvalue weighted by molar-refractivity contribution is 7.13. The Hall–Kier alpha value is -1.52. The van der Waals surface area contributed by atoms with Crippen molar-refractivity contribution in [3.8, 4) is 10.6 Å². The molecular formula is C19H23N2OS. The zero-order valence-electron chi connectivity index (χ0n) is 13.5. The summed E-state index contributed by atoms with van der Waals surface area (Å²) in [6.07, 6.45) is 7.90. The van der Waals surface area contributed by atoms with Gasteiger partial charge in [0.2, 0.25) is 0 Å². The van der Waals surface area contributed by atoms with Crippen molar-refractivity contribution in [1.29, 1.82) is 5.41 Å². The fourth-order valence-corrected chi connectivity index (χ4v) is 4.05. The van der Waals surface area contributed by atoms with Gasteiger partial charge in [0.05, 0.1) is 5.60 Å². The molecule has 1 aromatic heterocycles. The van der Waals surface area contributed by atoms with E-state index in [1.165, 1.54) is 0 Å². The fourth-order valence-electron chi connectivity index (χ4n) is 3.41. The molecule has 4 heteroatoms. The van der Waals surface area contributed by atoms with Crippen LogP contribution >= 0.6 is 11.3 Å². The lowest BCUT2D eigenvalue weighted by molar-refractivity contribution is -0.00711. The minimum atomic E-state index is -0.742. The number of hydrogen-bond donors (Lipinski definition) is 2. The molecule has 1 aliphatic rings. The third-order valence-electron chi connectivity index (χ3n) is 4.83. The van der Waals surface area contributed by atoms with Crippen LogP contribution in [-0.4, -0.2) is 15.8 Å². The molecule has 1 saturated carbocycles. The SMILES string of the molecule is C[CH]CC(=N)C1CCC(O)(c2ccc(-c3nccs3)cc2)CC1. The van der Waals surface area contributed by atoms with Gasteiger partial charge in [-0.15, -0.1) is 11.3 Å². The van der Waals surface area contributed by atoms with Crippen molar-refractivity contribution in [1.82, 2.24) is 4.98 Å². The molecule has 1 aliphatic carbocycles. The number of nitrogens with one attached hydrogen (secondary N) is 1. The number of aliphatic hydroxyl groups is 1. The molecule has 121 valence electrons. The number of benzene rings is 1. The van der Waals surface area contributed by atoms with Crippen LogP contribution < -0.4 is 0 Å². The van der Waals surface area contributed by atoms with Gasteiger partial charge in [-0.3, -0.25) is 0 Å². The van der Waals surface area contributed by atoms with Gasteiger partial charge in [-0.25, -0.2) is 4.98 Å². The van der Waals surface area contributed by atoms with Gasteiger partial charge in [0.1, 0.15) is 5.01 Å². The van der Waals surface area contributed by atoms with Crippen LogP contribution in [-0.2, 0) is 5.60 Å². The Morgan fingerprint density at radius 3 is 2.61 bits per heavy atom. The molecule has 0 atom stereocenters. The number of thiazole rings is 1. The van der Waals surface area contributed by atoms with Crippen molar-refractivity contribution < 1.29 is 5.11 Å². The molecule has 1 aromatic carbocycles. The van der Waals surface area contributed by atoms with E-state index in [9.17, 15) is 5.11 Å². The van der Waals surface area contributed by atoms with Crippen molar-refractivity contribution in [2.24, 2.45) is 5.92 Å². The number of aromatic nitrogens is 1. The van der Waals surface area contributed by atoms with E-state index >= 15 is 0 Å². The van der Waals surface area contributed by atoms with Gasteiger partial charge in [0.15, 0.2) is 0 Å². The zero-order chi connectivity index (χ0) is 16.3. The van der Waals surface area contributed by atoms with Crippen LogP contribution in [0.1, 0.15) is 44.6 Å². The highest BCUT2D eigenvalue weighted by Gasteiger charge is 2.35. The molecule has 0 bridgehead atoms. The fraction of sp³-hybridized carbons (Fsp3) is 0.421. The van der Waals surface area contributed by atoms with Gasteiger partial charge < -0.3 is 10.5 Å². The summed E-state index contributed by atoms with van der Waals surface area (Å²) in [6.45, 7) is 2.00. The normalized spacial score (nSPS) is 24.5. The molecule has 0 aliphatic heterocycles. The summed E-state index contributed by atoms with van der Waals surface area (Å²) in [5, 5.41) is 22.1. The van der Waals surface area contributed by atoms with E-state index in [4.69, 9.17) is 5.41 Å². The molecule has 0 unspecified atom stereocenters. The Kier molecular flexibility index (Phi) is 4.93. The van der Waals surface area contributed by atoms with Crippen molar-refractivity contribution >= 4 is 17.0 Å². The van der Waals surface area contributed by atoms with Gasteiger partial charge in [-0.2, -0.15) is 0 Å². The van der Waals surface area contributed by atoms with E-state index in [1.807, 2.05) is 49.2 Å². The molecule has 23 heavy (non-hydrogen) atoms.